The van der Waals surface area contributed by atoms with E-state index >= 15 is 0 Å². The number of allylic oxidation sites excluding steroid dienone is 5. The molecule has 2 atom stereocenters. The third-order valence-corrected chi connectivity index (χ3v) is 15.4. The van der Waals surface area contributed by atoms with E-state index in [4.69, 9.17) is 4.74 Å². The highest BCUT2D eigenvalue weighted by Crippen LogP contribution is 2.18. The fraction of sp³-hybridized carbons (Fsp3) is 0.882. The molecule has 0 aromatic heterocycles. The number of aliphatic hydroxyl groups excluding tert-OH is 2. The zero-order valence-electron chi connectivity index (χ0n) is 49.8. The summed E-state index contributed by atoms with van der Waals surface area (Å²) in [5, 5.41) is 23.2. The summed E-state index contributed by atoms with van der Waals surface area (Å²) in [4.78, 5) is 24.6. The number of esters is 1. The summed E-state index contributed by atoms with van der Waals surface area (Å²) in [6.07, 6.45) is 80.5. The van der Waals surface area contributed by atoms with E-state index in [0.717, 1.165) is 51.4 Å². The summed E-state index contributed by atoms with van der Waals surface area (Å²) in [6.45, 7) is 4.91. The molecule has 6 heteroatoms. The van der Waals surface area contributed by atoms with Crippen molar-refractivity contribution in [1.29, 1.82) is 0 Å². The smallest absolute Gasteiger partial charge is 0.305 e. The lowest BCUT2D eigenvalue weighted by Crippen LogP contribution is -2.45. The van der Waals surface area contributed by atoms with Gasteiger partial charge in [0.2, 0.25) is 5.91 Å². The van der Waals surface area contributed by atoms with E-state index in [1.54, 1.807) is 6.08 Å². The standard InChI is InChI=1S/C68H129NO5/c1-3-5-7-9-11-13-15-17-19-20-21-24-27-30-33-36-40-44-48-52-56-60-66(71)65(64-70)69-67(72)61-57-53-49-45-41-37-34-31-28-25-22-23-26-29-32-35-39-43-47-51-55-59-63-74-68(73)62-58-54-50-46-42-38-18-16-14-12-10-8-6-4-2/h16,18,25,28,56,60,65-66,70-71H,3-15,17,19-24,26-27,29-55,57-59,61-64H2,1-2H3,(H,69,72)/b18-16-,28-25-,60-56+. The number of unbranched alkanes of at least 4 members (excludes halogenated alkanes) is 47. The van der Waals surface area contributed by atoms with Gasteiger partial charge in [-0.3, -0.25) is 9.59 Å². The molecule has 0 fully saturated rings. The van der Waals surface area contributed by atoms with Crippen LogP contribution in [0.1, 0.15) is 361 Å². The number of aliphatic hydroxyl groups is 2. The first kappa shape index (κ1) is 72.1. The van der Waals surface area contributed by atoms with Crippen molar-refractivity contribution in [3.8, 4) is 0 Å². The second-order valence-corrected chi connectivity index (χ2v) is 22.8. The number of carbonyl (C=O) groups excluding carboxylic acids is 2. The van der Waals surface area contributed by atoms with Crippen LogP contribution in [0, 0.1) is 0 Å². The first-order valence-corrected chi connectivity index (χ1v) is 33.3. The van der Waals surface area contributed by atoms with E-state index < -0.39 is 12.1 Å². The van der Waals surface area contributed by atoms with Crippen molar-refractivity contribution in [2.45, 2.75) is 373 Å². The van der Waals surface area contributed by atoms with Gasteiger partial charge >= 0.3 is 5.97 Å². The molecule has 436 valence electrons. The number of hydrogen-bond donors (Lipinski definition) is 3. The van der Waals surface area contributed by atoms with Crippen molar-refractivity contribution in [1.82, 2.24) is 5.32 Å². The van der Waals surface area contributed by atoms with Gasteiger partial charge in [0, 0.05) is 12.8 Å². The lowest BCUT2D eigenvalue weighted by molar-refractivity contribution is -0.143. The number of rotatable bonds is 62. The van der Waals surface area contributed by atoms with Crippen LogP contribution in [-0.2, 0) is 14.3 Å². The van der Waals surface area contributed by atoms with Gasteiger partial charge in [-0.15, -0.1) is 0 Å². The maximum absolute atomic E-state index is 12.5. The van der Waals surface area contributed by atoms with Crippen LogP contribution >= 0.6 is 0 Å². The van der Waals surface area contributed by atoms with Gasteiger partial charge in [-0.05, 0) is 83.5 Å². The van der Waals surface area contributed by atoms with Crippen molar-refractivity contribution in [3.63, 3.8) is 0 Å². The molecule has 0 bridgehead atoms. The fourth-order valence-corrected chi connectivity index (χ4v) is 10.3. The Morgan fingerprint density at radius 3 is 0.959 bits per heavy atom. The number of hydrogen-bond acceptors (Lipinski definition) is 5. The predicted octanol–water partition coefficient (Wildman–Crippen LogP) is 21.1. The zero-order valence-corrected chi connectivity index (χ0v) is 49.8. The van der Waals surface area contributed by atoms with E-state index in [1.807, 2.05) is 6.08 Å². The highest BCUT2D eigenvalue weighted by molar-refractivity contribution is 5.76. The van der Waals surface area contributed by atoms with Crippen LogP contribution in [0.5, 0.6) is 0 Å². The Morgan fingerprint density at radius 2 is 0.635 bits per heavy atom. The van der Waals surface area contributed by atoms with Crippen molar-refractivity contribution in [2.75, 3.05) is 13.2 Å². The van der Waals surface area contributed by atoms with Gasteiger partial charge in [0.05, 0.1) is 25.4 Å². The molecule has 0 aliphatic heterocycles. The minimum atomic E-state index is -0.850. The molecule has 0 aliphatic rings. The average molecular weight is 1040 g/mol. The molecule has 0 radical (unpaired) electrons. The third kappa shape index (κ3) is 59.3. The quantitative estimate of drug-likeness (QED) is 0.0320. The number of amides is 1. The monoisotopic (exact) mass is 1040 g/mol. The van der Waals surface area contributed by atoms with Gasteiger partial charge in [-0.1, -0.05) is 301 Å². The zero-order chi connectivity index (χ0) is 53.6. The Bertz CT molecular complexity index is 1200. The summed E-state index contributed by atoms with van der Waals surface area (Å²) in [7, 11) is 0. The molecule has 0 aromatic carbocycles. The van der Waals surface area contributed by atoms with E-state index in [2.05, 4.69) is 43.5 Å². The van der Waals surface area contributed by atoms with Crippen molar-refractivity contribution >= 4 is 11.9 Å². The fourth-order valence-electron chi connectivity index (χ4n) is 10.3. The number of nitrogens with one attached hydrogen (secondary N) is 1. The number of ether oxygens (including phenoxy) is 1. The molecular weight excluding hydrogens is 911 g/mol. The van der Waals surface area contributed by atoms with Crippen LogP contribution in [0.4, 0.5) is 0 Å². The molecule has 1 amide bonds. The van der Waals surface area contributed by atoms with Gasteiger partial charge in [0.15, 0.2) is 0 Å². The summed E-state index contributed by atoms with van der Waals surface area (Å²) in [5.41, 5.74) is 0. The number of carbonyl (C=O) groups is 2. The molecule has 0 aromatic rings. The highest BCUT2D eigenvalue weighted by atomic mass is 16.5. The van der Waals surface area contributed by atoms with Crippen LogP contribution in [0.3, 0.4) is 0 Å². The Balaban J connectivity index is 3.45. The predicted molar refractivity (Wildman–Crippen MR) is 324 cm³/mol. The van der Waals surface area contributed by atoms with Crippen LogP contribution in [0.25, 0.3) is 0 Å². The van der Waals surface area contributed by atoms with Crippen LogP contribution in [0.15, 0.2) is 36.5 Å². The second kappa shape index (κ2) is 63.6. The average Bonchev–Trinajstić information content (AvgIpc) is 3.40. The largest absolute Gasteiger partial charge is 0.466 e. The van der Waals surface area contributed by atoms with Gasteiger partial charge in [-0.25, -0.2) is 0 Å². The van der Waals surface area contributed by atoms with Gasteiger partial charge in [0.1, 0.15) is 0 Å². The molecule has 0 saturated carbocycles. The Hall–Kier alpha value is -1.92. The van der Waals surface area contributed by atoms with E-state index in [1.165, 1.54) is 283 Å². The Morgan fingerprint density at radius 1 is 0.365 bits per heavy atom. The molecule has 2 unspecified atom stereocenters. The van der Waals surface area contributed by atoms with Crippen LogP contribution < -0.4 is 5.32 Å². The normalized spacial score (nSPS) is 12.8. The van der Waals surface area contributed by atoms with E-state index in [-0.39, 0.29) is 18.5 Å². The van der Waals surface area contributed by atoms with Crippen LogP contribution in [0.2, 0.25) is 0 Å². The topological polar surface area (TPSA) is 95.9 Å². The van der Waals surface area contributed by atoms with Crippen molar-refractivity contribution in [2.24, 2.45) is 0 Å². The van der Waals surface area contributed by atoms with Crippen molar-refractivity contribution < 1.29 is 24.5 Å². The van der Waals surface area contributed by atoms with Gasteiger partial charge in [0.25, 0.3) is 0 Å². The SMILES string of the molecule is CCCCCCC/C=C\CCCCCCCC(=O)OCCCCCCCCCCCCC/C=C\CCCCCCCCCC(=O)NC(CO)C(O)/C=C/CCCCCCCCCCCCCCCCCCCCC. The maximum Gasteiger partial charge on any atom is 0.305 e. The lowest BCUT2D eigenvalue weighted by Gasteiger charge is -2.20. The molecule has 0 rings (SSSR count). The summed E-state index contributed by atoms with van der Waals surface area (Å²) >= 11 is 0. The van der Waals surface area contributed by atoms with Crippen molar-refractivity contribution in [3.05, 3.63) is 36.5 Å². The first-order chi connectivity index (χ1) is 36.5. The third-order valence-electron chi connectivity index (χ3n) is 15.4. The molecule has 0 aliphatic carbocycles. The summed E-state index contributed by atoms with van der Waals surface area (Å²) < 4.78 is 5.48. The van der Waals surface area contributed by atoms with Gasteiger partial charge in [-0.2, -0.15) is 0 Å². The Labute approximate surface area is 462 Å². The van der Waals surface area contributed by atoms with Gasteiger partial charge < -0.3 is 20.3 Å². The second-order valence-electron chi connectivity index (χ2n) is 22.8. The van der Waals surface area contributed by atoms with Crippen LogP contribution in [-0.4, -0.2) is 47.4 Å². The maximum atomic E-state index is 12.5. The highest BCUT2D eigenvalue weighted by Gasteiger charge is 2.18. The summed E-state index contributed by atoms with van der Waals surface area (Å²) in [5.74, 6) is -0.0710. The molecule has 6 nitrogen and oxygen atoms in total. The lowest BCUT2D eigenvalue weighted by atomic mass is 10.0. The minimum Gasteiger partial charge on any atom is -0.466 e. The molecular formula is C68H129NO5. The molecule has 0 heterocycles. The molecule has 0 spiro atoms. The first-order valence-electron chi connectivity index (χ1n) is 33.3. The summed E-state index contributed by atoms with van der Waals surface area (Å²) in [6, 6.07) is -0.634. The molecule has 74 heavy (non-hydrogen) atoms. The molecule has 0 saturated heterocycles. The minimum absolute atomic E-state index is 0.00115. The Kier molecular flexibility index (Phi) is 62.0. The molecule has 3 N–H and O–H groups in total. The van der Waals surface area contributed by atoms with E-state index in [9.17, 15) is 19.8 Å². The van der Waals surface area contributed by atoms with E-state index in [0.29, 0.717) is 19.4 Å².